The van der Waals surface area contributed by atoms with Crippen LogP contribution in [-0.2, 0) is 95.2 Å². The Morgan fingerprint density at radius 2 is 0.825 bits per heavy atom. The third-order valence-electron chi connectivity index (χ3n) is 22.9. The number of rotatable bonds is 22. The average molecular weight is 1730 g/mol. The van der Waals surface area contributed by atoms with E-state index in [0.29, 0.717) is 161 Å². The van der Waals surface area contributed by atoms with Crippen LogP contribution >= 0.6 is 0 Å². The summed E-state index contributed by atoms with van der Waals surface area (Å²) in [4.78, 5) is 45.6. The van der Waals surface area contributed by atoms with Gasteiger partial charge in [0, 0.05) is 217 Å². The molecule has 15 heterocycles. The molecule has 5 aromatic carbocycles. The quantitative estimate of drug-likeness (QED) is 0.0292. The number of aliphatic hydroxyl groups excluding tert-OH is 4. The minimum Gasteiger partial charge on any atom is -0.493 e. The first kappa shape index (κ1) is 82.9. The van der Waals surface area contributed by atoms with Crippen molar-refractivity contribution in [3.8, 4) is 67.6 Å². The molecule has 30 nitrogen and oxygen atoms in total. The Labute approximate surface area is 718 Å². The number of aromatic nitrogens is 16. The van der Waals surface area contributed by atoms with Crippen LogP contribution in [-0.4, -0.2) is 139 Å². The lowest BCUT2D eigenvalue weighted by molar-refractivity contribution is 0.277. The van der Waals surface area contributed by atoms with Gasteiger partial charge in [0.1, 0.15) is 63.2 Å². The molecule has 0 bridgehead atoms. The number of halogens is 4. The van der Waals surface area contributed by atoms with E-state index in [0.717, 1.165) is 101 Å². The Hall–Kier alpha value is -14.0. The summed E-state index contributed by atoms with van der Waals surface area (Å²) in [6.07, 6.45) is 23.6. The largest absolute Gasteiger partial charge is 0.493 e. The maximum atomic E-state index is 14.6. The molecular weight excluding hydrogens is 1640 g/mol. The summed E-state index contributed by atoms with van der Waals surface area (Å²) < 4.78 is 113. The Morgan fingerprint density at radius 3 is 1.18 bits per heavy atom. The lowest BCUT2D eigenvalue weighted by Crippen LogP contribution is -2.10. The highest BCUT2D eigenvalue weighted by molar-refractivity contribution is 7.90. The van der Waals surface area contributed by atoms with Crippen molar-refractivity contribution < 1.29 is 65.4 Å². The number of pyridine rings is 2. The summed E-state index contributed by atoms with van der Waals surface area (Å²) in [7, 11) is -1.47. The van der Waals surface area contributed by atoms with Gasteiger partial charge in [-0.1, -0.05) is 18.2 Å². The first-order valence-corrected chi connectivity index (χ1v) is 42.9. The first-order chi connectivity index (χ1) is 61.2. The van der Waals surface area contributed by atoms with Gasteiger partial charge in [-0.2, -0.15) is 5.10 Å². The highest BCUT2D eigenvalue weighted by atomic mass is 32.2. The molecule has 0 spiro atoms. The van der Waals surface area contributed by atoms with Crippen LogP contribution in [0.3, 0.4) is 0 Å². The fourth-order valence-corrected chi connectivity index (χ4v) is 17.1. The van der Waals surface area contributed by atoms with Crippen LogP contribution in [0.4, 0.5) is 41.4 Å². The monoisotopic (exact) mass is 1730 g/mol. The van der Waals surface area contributed by atoms with Crippen LogP contribution in [0.1, 0.15) is 109 Å². The number of nitrogens with zero attached hydrogens (tertiary/aromatic N) is 16. The summed E-state index contributed by atoms with van der Waals surface area (Å²) in [5.74, 6) is 4.36. The Kier molecular flexibility index (Phi) is 23.0. The second-order valence-electron chi connectivity index (χ2n) is 31.1. The molecule has 5 aliphatic rings. The number of anilines is 4. The van der Waals surface area contributed by atoms with Gasteiger partial charge < -0.3 is 60.6 Å². The van der Waals surface area contributed by atoms with Gasteiger partial charge in [-0.3, -0.25) is 32.3 Å². The summed E-state index contributed by atoms with van der Waals surface area (Å²) in [5.41, 5.74) is 20.5. The van der Waals surface area contributed by atoms with E-state index in [-0.39, 0.29) is 80.8 Å². The van der Waals surface area contributed by atoms with Crippen LogP contribution in [0.15, 0.2) is 164 Å². The Bertz CT molecular complexity index is 7020. The predicted octanol–water partition coefficient (Wildman–Crippen LogP) is 13.0. The smallest absolute Gasteiger partial charge is 0.208 e. The van der Waals surface area contributed by atoms with Gasteiger partial charge in [0.2, 0.25) is 23.8 Å². The lowest BCUT2D eigenvalue weighted by atomic mass is 10.0. The number of aliphatic hydroxyl groups is 4. The normalized spacial score (nSPS) is 13.5. The second kappa shape index (κ2) is 35.0. The molecule has 1 fully saturated rings. The first-order valence-electron chi connectivity index (χ1n) is 41.0. The molecule has 4 aliphatic heterocycles. The van der Waals surface area contributed by atoms with Crippen molar-refractivity contribution in [2.24, 2.45) is 7.05 Å². The fourth-order valence-electron chi connectivity index (χ4n) is 16.4. The third kappa shape index (κ3) is 16.6. The van der Waals surface area contributed by atoms with Gasteiger partial charge in [-0.25, -0.2) is 65.9 Å². The molecule has 644 valence electrons. The summed E-state index contributed by atoms with van der Waals surface area (Å²) in [6.45, 7) is 8.07. The van der Waals surface area contributed by atoms with E-state index in [2.05, 4.69) is 82.3 Å². The van der Waals surface area contributed by atoms with Crippen molar-refractivity contribution in [2.75, 3.05) is 54.0 Å². The third-order valence-corrected chi connectivity index (χ3v) is 24.0. The molecule has 0 atom stereocenters. The number of nitrogens with one attached hydrogen (secondary N) is 4. The molecule has 0 amide bonds. The molecule has 0 saturated heterocycles. The number of imidazole rings is 4. The molecule has 0 radical (unpaired) electrons. The van der Waals surface area contributed by atoms with Crippen molar-refractivity contribution >= 4 is 56.2 Å². The van der Waals surface area contributed by atoms with Gasteiger partial charge in [0.25, 0.3) is 0 Å². The van der Waals surface area contributed by atoms with E-state index in [1.54, 1.807) is 121 Å². The van der Waals surface area contributed by atoms with Crippen LogP contribution < -0.4 is 40.2 Å². The predicted molar refractivity (Wildman–Crippen MR) is 461 cm³/mol. The Morgan fingerprint density at radius 1 is 0.437 bits per heavy atom. The SMILES string of the molecule is Cc1cc(-c2cnc(NCc3c(F)ccc4c3CCO4)n3cc(CO)nc23)n(C)n1.Cc1cc(S(C)(=O)=O)ccc1-c1cnc(NCc2c(F)ccc3c2CCO3)n2cc(CO)nc12.Cc1ncccc1-c1cnc(NCc2c(F)ccc3c2CCO3)n2cc(CO)nc12.OCc1cn2c(NCc3c(F)ccc4c3CCO4)ncc(-c3ccc(C4CC4)nc3)c2n1. The summed E-state index contributed by atoms with van der Waals surface area (Å²) >= 11 is 0. The second-order valence-corrected chi connectivity index (χ2v) is 33.1. The zero-order valence-electron chi connectivity index (χ0n) is 69.1. The zero-order valence-corrected chi connectivity index (χ0v) is 69.9. The number of sulfone groups is 1. The number of benzene rings is 5. The maximum Gasteiger partial charge on any atom is 0.208 e. The summed E-state index contributed by atoms with van der Waals surface area (Å²) in [5, 5.41) is 55.8. The van der Waals surface area contributed by atoms with E-state index in [4.69, 9.17) is 18.9 Å². The minimum absolute atomic E-state index is 0.183. The van der Waals surface area contributed by atoms with Crippen molar-refractivity contribution in [3.05, 3.63) is 272 Å². The standard InChI is InChI=1S/C24H22FN5O2.C24H23FN4O4S.C22H20FN5O2.C21H21FN6O2/c25-20-4-6-22-17(7-8-32-22)19(20)11-28-24-27-10-18(23-29-16(13-31)12-30(23)24)15-3-5-21(26-9-15)14-1-2-14;1-14-9-16(34(2,31)32)3-4-17(14)20-11-27-24(29-12-15(13-30)28-23(20)29)26-10-19-18-7-8-33-22(18)6-5-21(19)25;1-13-15(3-2-7-24-13)18-10-26-22(28-11-14(12-29)27-21(18)28)25-9-17-16-6-8-30-20(16)5-4-19(17)23;1-12-7-18(27(2)26-12)16-9-24-21(28-10-13(11-29)25-20(16)28)23-8-15-14-5-6-30-19(14)4-3-17(15)22/h3-6,9-10,12,14,31H,1-2,7-8,11,13H2,(H,27,28);3-6,9,11-12,30H,7-8,10,13H2,1-2H3,(H,26,27);2-5,7,10-11,29H,6,8-9,12H2,1H3,(H,25,26);3-4,7,9-10,29H,5-6,8,11H2,1-2H3,(H,23,24). The maximum absolute atomic E-state index is 14.6. The number of fused-ring (bicyclic) bond motifs is 8. The Balaban J connectivity index is 0.000000114. The fraction of sp³-hybridized carbons (Fsp3) is 0.264. The van der Waals surface area contributed by atoms with Gasteiger partial charge in [0.05, 0.1) is 97.5 Å². The highest BCUT2D eigenvalue weighted by Crippen LogP contribution is 2.42. The van der Waals surface area contributed by atoms with E-state index < -0.39 is 9.84 Å². The van der Waals surface area contributed by atoms with E-state index in [9.17, 15) is 46.4 Å². The average Bonchev–Trinajstić information content (AvgIpc) is 1.16. The highest BCUT2D eigenvalue weighted by Gasteiger charge is 2.29. The van der Waals surface area contributed by atoms with Crippen molar-refractivity contribution in [3.63, 3.8) is 0 Å². The molecule has 126 heavy (non-hydrogen) atoms. The number of ether oxygens (including phenoxy) is 4. The molecular formula is C91H86F4N20O10S. The van der Waals surface area contributed by atoms with E-state index in [1.807, 2.05) is 58.3 Å². The number of hydrogen-bond donors (Lipinski definition) is 8. The van der Waals surface area contributed by atoms with E-state index >= 15 is 0 Å². The van der Waals surface area contributed by atoms with Crippen molar-refractivity contribution in [1.82, 2.24) is 77.2 Å². The number of hydrogen-bond acceptors (Lipinski definition) is 25. The van der Waals surface area contributed by atoms with Gasteiger partial charge in [-0.15, -0.1) is 0 Å². The molecule has 16 aromatic rings. The molecule has 1 aliphatic carbocycles. The van der Waals surface area contributed by atoms with Gasteiger partial charge in [-0.05, 0) is 124 Å². The molecule has 11 aromatic heterocycles. The van der Waals surface area contributed by atoms with Crippen molar-refractivity contribution in [1.29, 1.82) is 0 Å². The van der Waals surface area contributed by atoms with Gasteiger partial charge >= 0.3 is 0 Å². The zero-order chi connectivity index (χ0) is 87.2. The van der Waals surface area contributed by atoms with Gasteiger partial charge in [0.15, 0.2) is 15.5 Å². The lowest BCUT2D eigenvalue weighted by Gasteiger charge is -2.14. The topological polar surface area (TPSA) is 364 Å². The van der Waals surface area contributed by atoms with E-state index in [1.165, 1.54) is 43.4 Å². The molecule has 8 N–H and O–H groups in total. The number of aryl methyl sites for hydroxylation is 4. The molecule has 1 saturated carbocycles. The molecule has 0 unspecified atom stereocenters. The minimum atomic E-state index is -3.33. The van der Waals surface area contributed by atoms with Crippen LogP contribution in [0.2, 0.25) is 0 Å². The van der Waals surface area contributed by atoms with Crippen molar-refractivity contribution in [2.45, 2.75) is 123 Å². The molecule has 21 rings (SSSR count). The van der Waals surface area contributed by atoms with Crippen LogP contribution in [0.25, 0.3) is 67.2 Å². The van der Waals surface area contributed by atoms with Crippen LogP contribution in [0.5, 0.6) is 23.0 Å². The van der Waals surface area contributed by atoms with Crippen LogP contribution in [0, 0.1) is 44.0 Å². The molecule has 35 heteroatoms. The summed E-state index contributed by atoms with van der Waals surface area (Å²) in [6, 6.07) is 27.1.